The molecule has 278 valence electrons. The molecule has 1 aliphatic heterocycles. The second kappa shape index (κ2) is 15.5. The second-order valence-electron chi connectivity index (χ2n) is 15.8. The van der Waals surface area contributed by atoms with Gasteiger partial charge in [0.1, 0.15) is 0 Å². The summed E-state index contributed by atoms with van der Waals surface area (Å²) in [5.74, 6) is 0. The third-order valence-corrected chi connectivity index (χ3v) is 11.7. The highest BCUT2D eigenvalue weighted by molar-refractivity contribution is 5.89. The van der Waals surface area contributed by atoms with Crippen molar-refractivity contribution in [2.75, 3.05) is 0 Å². The molecule has 0 saturated heterocycles. The van der Waals surface area contributed by atoms with Crippen molar-refractivity contribution in [3.63, 3.8) is 0 Å². The lowest BCUT2D eigenvalue weighted by Gasteiger charge is -2.25. The summed E-state index contributed by atoms with van der Waals surface area (Å²) in [5.41, 5.74) is 24.8. The number of pyridine rings is 1. The summed E-state index contributed by atoms with van der Waals surface area (Å²) in [6.07, 6.45) is 34.4. The summed E-state index contributed by atoms with van der Waals surface area (Å²) in [7, 11) is 0. The van der Waals surface area contributed by atoms with Crippen LogP contribution in [0, 0.1) is 0 Å². The largest absolute Gasteiger partial charge is 0.381 e. The number of rotatable bonds is 5. The standard InChI is InChI=1S/C54H47N3/c1-54(2)49-18-10-9-17-47(49)48-35-44(26-27-50(48)54)45-32-38(31-37-19-21-42-16-12-30-57-53(42)51(55)28-20-37)33-46(34-45)52-36-43(15-6-3-4-11-29-56-52)41-24-22-40(23-25-41)39-13-7-5-8-14-39/h3-9,11-17,19-36,51-52,56H,10,18,55H2,1-2H3/b4-3-,15-6+,21-19-,28-20-,29-11-,37-31-,43-36+. The fraction of sp³-hybridized carbons (Fsp3) is 0.130. The van der Waals surface area contributed by atoms with Crippen molar-refractivity contribution >= 4 is 23.3 Å². The summed E-state index contributed by atoms with van der Waals surface area (Å²) in [4.78, 5) is 4.57. The molecule has 0 saturated carbocycles. The molecule has 2 atom stereocenters. The Kier molecular flexibility index (Phi) is 9.84. The van der Waals surface area contributed by atoms with Gasteiger partial charge in [-0.1, -0.05) is 159 Å². The van der Waals surface area contributed by atoms with Gasteiger partial charge in [-0.2, -0.15) is 0 Å². The number of nitrogens with one attached hydrogen (secondary N) is 1. The van der Waals surface area contributed by atoms with Gasteiger partial charge < -0.3 is 11.1 Å². The first kappa shape index (κ1) is 36.1. The molecule has 0 radical (unpaired) electrons. The Morgan fingerprint density at radius 2 is 1.53 bits per heavy atom. The van der Waals surface area contributed by atoms with E-state index >= 15 is 0 Å². The third kappa shape index (κ3) is 7.43. The predicted molar refractivity (Wildman–Crippen MR) is 241 cm³/mol. The van der Waals surface area contributed by atoms with Crippen molar-refractivity contribution in [2.24, 2.45) is 5.73 Å². The fourth-order valence-electron chi connectivity index (χ4n) is 8.67. The molecular weight excluding hydrogens is 691 g/mol. The van der Waals surface area contributed by atoms with Gasteiger partial charge in [0.25, 0.3) is 0 Å². The SMILES string of the molecule is CC1(C)C2=C(C=CCC2)c2cc(-c3cc(/C=C4/C=C\c5cccnc5C(N)\C=C/4)cc(C4\C=C(c5ccc(-c6ccccc6)cc5)/C=C/C=C\C=C/N4)c3)ccc21. The molecule has 9 rings (SSSR count). The van der Waals surface area contributed by atoms with Gasteiger partial charge in [-0.05, 0) is 134 Å². The van der Waals surface area contributed by atoms with Crippen molar-refractivity contribution in [3.05, 3.63) is 233 Å². The number of hydrogen-bond acceptors (Lipinski definition) is 3. The van der Waals surface area contributed by atoms with E-state index in [0.29, 0.717) is 0 Å². The molecule has 2 heterocycles. The Morgan fingerprint density at radius 1 is 0.719 bits per heavy atom. The van der Waals surface area contributed by atoms with Crippen LogP contribution in [0.5, 0.6) is 0 Å². The first-order chi connectivity index (χ1) is 27.9. The van der Waals surface area contributed by atoms with Crippen LogP contribution in [0.3, 0.4) is 0 Å². The van der Waals surface area contributed by atoms with Crippen LogP contribution in [-0.4, -0.2) is 4.98 Å². The highest BCUT2D eigenvalue weighted by Crippen LogP contribution is 2.51. The van der Waals surface area contributed by atoms with Crippen LogP contribution < -0.4 is 11.1 Å². The van der Waals surface area contributed by atoms with E-state index in [2.05, 4.69) is 194 Å². The molecule has 0 bridgehead atoms. The van der Waals surface area contributed by atoms with Crippen LogP contribution in [0.2, 0.25) is 0 Å². The minimum Gasteiger partial charge on any atom is -0.381 e. The van der Waals surface area contributed by atoms with E-state index in [4.69, 9.17) is 5.73 Å². The molecule has 2 unspecified atom stereocenters. The normalized spacial score (nSPS) is 23.7. The lowest BCUT2D eigenvalue weighted by molar-refractivity contribution is 0.607. The molecule has 1 aromatic heterocycles. The zero-order chi connectivity index (χ0) is 38.8. The minimum absolute atomic E-state index is 0.0338. The summed E-state index contributed by atoms with van der Waals surface area (Å²) in [5, 5.41) is 3.75. The summed E-state index contributed by atoms with van der Waals surface area (Å²) < 4.78 is 0. The number of nitrogens with two attached hydrogens (primary N) is 1. The quantitative estimate of drug-likeness (QED) is 0.189. The molecule has 0 fully saturated rings. The third-order valence-electron chi connectivity index (χ3n) is 11.7. The van der Waals surface area contributed by atoms with Gasteiger partial charge in [-0.15, -0.1) is 0 Å². The molecule has 0 spiro atoms. The van der Waals surface area contributed by atoms with E-state index in [1.807, 2.05) is 24.5 Å². The van der Waals surface area contributed by atoms with Crippen LogP contribution in [0.1, 0.15) is 77.8 Å². The van der Waals surface area contributed by atoms with Crippen LogP contribution in [0.4, 0.5) is 0 Å². The van der Waals surface area contributed by atoms with E-state index in [-0.39, 0.29) is 17.5 Å². The van der Waals surface area contributed by atoms with E-state index < -0.39 is 0 Å². The Hall–Kier alpha value is -6.55. The molecule has 57 heavy (non-hydrogen) atoms. The smallest absolute Gasteiger partial charge is 0.0702 e. The van der Waals surface area contributed by atoms with Crippen molar-refractivity contribution in [3.8, 4) is 22.3 Å². The molecular formula is C54H47N3. The predicted octanol–water partition coefficient (Wildman–Crippen LogP) is 12.8. The zero-order valence-electron chi connectivity index (χ0n) is 32.6. The maximum atomic E-state index is 6.60. The van der Waals surface area contributed by atoms with Crippen molar-refractivity contribution in [1.82, 2.24) is 10.3 Å². The van der Waals surface area contributed by atoms with Gasteiger partial charge in [0.05, 0.1) is 17.8 Å². The summed E-state index contributed by atoms with van der Waals surface area (Å²) in [6, 6.07) is 37.2. The van der Waals surface area contributed by atoms with E-state index in [1.165, 1.54) is 44.5 Å². The van der Waals surface area contributed by atoms with Gasteiger partial charge in [-0.3, -0.25) is 4.98 Å². The Labute approximate surface area is 337 Å². The summed E-state index contributed by atoms with van der Waals surface area (Å²) in [6.45, 7) is 4.77. The molecule has 4 aromatic carbocycles. The van der Waals surface area contributed by atoms with Crippen molar-refractivity contribution in [1.29, 1.82) is 0 Å². The molecule has 3 heteroatoms. The average molecular weight is 738 g/mol. The molecule has 3 aliphatic carbocycles. The van der Waals surface area contributed by atoms with Gasteiger partial charge in [0.2, 0.25) is 0 Å². The second-order valence-corrected chi connectivity index (χ2v) is 15.8. The van der Waals surface area contributed by atoms with Gasteiger partial charge in [0.15, 0.2) is 0 Å². The van der Waals surface area contributed by atoms with Crippen LogP contribution >= 0.6 is 0 Å². The van der Waals surface area contributed by atoms with Gasteiger partial charge in [-0.25, -0.2) is 0 Å². The number of hydrogen-bond donors (Lipinski definition) is 2. The molecule has 5 aromatic rings. The molecule has 3 N–H and O–H groups in total. The molecule has 0 amide bonds. The monoisotopic (exact) mass is 737 g/mol. The lowest BCUT2D eigenvalue weighted by Crippen LogP contribution is -2.17. The highest BCUT2D eigenvalue weighted by Gasteiger charge is 2.37. The first-order valence-electron chi connectivity index (χ1n) is 20.0. The number of benzene rings is 4. The van der Waals surface area contributed by atoms with E-state index in [9.17, 15) is 0 Å². The van der Waals surface area contributed by atoms with E-state index in [1.54, 1.807) is 5.57 Å². The van der Waals surface area contributed by atoms with Crippen LogP contribution in [0.25, 0.3) is 45.6 Å². The lowest BCUT2D eigenvalue weighted by atomic mass is 9.78. The first-order valence-corrected chi connectivity index (χ1v) is 20.0. The Bertz CT molecular complexity index is 2620. The maximum Gasteiger partial charge on any atom is 0.0702 e. The Balaban J connectivity index is 1.17. The number of aromatic nitrogens is 1. The van der Waals surface area contributed by atoms with Gasteiger partial charge in [0, 0.05) is 11.6 Å². The Morgan fingerprint density at radius 3 is 2.40 bits per heavy atom. The number of nitrogens with zero attached hydrogens (tertiary/aromatic N) is 1. The average Bonchev–Trinajstić information content (AvgIpc) is 3.48. The summed E-state index contributed by atoms with van der Waals surface area (Å²) >= 11 is 0. The zero-order valence-corrected chi connectivity index (χ0v) is 32.6. The minimum atomic E-state index is -0.286. The van der Waals surface area contributed by atoms with E-state index in [0.717, 1.165) is 46.4 Å². The topological polar surface area (TPSA) is 50.9 Å². The van der Waals surface area contributed by atoms with Crippen molar-refractivity contribution in [2.45, 2.75) is 44.2 Å². The maximum absolute atomic E-state index is 6.60. The molecule has 4 aliphatic rings. The number of allylic oxidation sites excluding steroid dienone is 13. The number of fused-ring (bicyclic) bond motifs is 3. The van der Waals surface area contributed by atoms with Crippen LogP contribution in [-0.2, 0) is 5.41 Å². The highest BCUT2D eigenvalue weighted by atomic mass is 14.9. The van der Waals surface area contributed by atoms with Crippen molar-refractivity contribution < 1.29 is 0 Å². The van der Waals surface area contributed by atoms with Crippen LogP contribution in [0.15, 0.2) is 194 Å². The fourth-order valence-corrected chi connectivity index (χ4v) is 8.67. The molecule has 3 nitrogen and oxygen atoms in total. The van der Waals surface area contributed by atoms with Gasteiger partial charge >= 0.3 is 0 Å².